The first-order valence-electron chi connectivity index (χ1n) is 7.59. The third-order valence-electron chi connectivity index (χ3n) is 3.41. The van der Waals surface area contributed by atoms with E-state index in [0.29, 0.717) is 21.9 Å². The lowest BCUT2D eigenvalue weighted by atomic mass is 10.2. The van der Waals surface area contributed by atoms with E-state index < -0.39 is 5.97 Å². The number of benzene rings is 2. The summed E-state index contributed by atoms with van der Waals surface area (Å²) in [6.07, 6.45) is -0.348. The molecule has 0 atom stereocenters. The monoisotopic (exact) mass is 365 g/mol. The molecule has 0 fully saturated rings. The van der Waals surface area contributed by atoms with Gasteiger partial charge in [-0.15, -0.1) is 0 Å². The van der Waals surface area contributed by atoms with Crippen molar-refractivity contribution >= 4 is 23.5 Å². The fourth-order valence-electron chi connectivity index (χ4n) is 2.10. The first-order valence-corrected chi connectivity index (χ1v) is 7.96. The number of rotatable bonds is 8. The summed E-state index contributed by atoms with van der Waals surface area (Å²) in [7, 11) is 0. The average Bonchev–Trinajstić information content (AvgIpc) is 2.58. The number of ether oxygens (including phenoxy) is 1. The molecule has 0 aliphatic heterocycles. The highest BCUT2D eigenvalue weighted by atomic mass is 35.5. The minimum absolute atomic E-state index is 0.0360. The number of nitrogens with one attached hydrogen (secondary N) is 1. The summed E-state index contributed by atoms with van der Waals surface area (Å²) >= 11 is 5.97. The fraction of sp³-hybridized carbons (Fsp3) is 0.222. The molecule has 5 nitrogen and oxygen atoms in total. The van der Waals surface area contributed by atoms with Gasteiger partial charge in [0.15, 0.2) is 0 Å². The highest BCUT2D eigenvalue weighted by molar-refractivity contribution is 6.30. The van der Waals surface area contributed by atoms with Crippen LogP contribution < -0.4 is 10.1 Å². The van der Waals surface area contributed by atoms with E-state index in [1.165, 1.54) is 6.07 Å². The summed E-state index contributed by atoms with van der Waals surface area (Å²) in [5.74, 6) is -1.32. The molecule has 0 unspecified atom stereocenters. The summed E-state index contributed by atoms with van der Waals surface area (Å²) in [4.78, 5) is 22.1. The largest absolute Gasteiger partial charge is 0.488 e. The van der Waals surface area contributed by atoms with Gasteiger partial charge in [0.1, 0.15) is 18.2 Å². The Morgan fingerprint density at radius 2 is 1.88 bits per heavy atom. The third-order valence-corrected chi connectivity index (χ3v) is 3.64. The Bertz CT molecular complexity index is 766. The van der Waals surface area contributed by atoms with Crippen LogP contribution in [0.25, 0.3) is 0 Å². The van der Waals surface area contributed by atoms with E-state index in [2.05, 4.69) is 5.32 Å². The number of halogens is 2. The smallest absolute Gasteiger partial charge is 0.303 e. The van der Waals surface area contributed by atoms with Gasteiger partial charge in [-0.25, -0.2) is 4.39 Å². The van der Waals surface area contributed by atoms with Crippen LogP contribution in [0.1, 0.15) is 24.0 Å². The molecular weight excluding hydrogens is 349 g/mol. The molecule has 0 heterocycles. The SMILES string of the molecule is O=C(O)CCC(=O)NCc1cc(Cl)ccc1OCc1ccccc1F. The number of carbonyl (C=O) groups is 2. The third kappa shape index (κ3) is 6.08. The zero-order chi connectivity index (χ0) is 18.2. The summed E-state index contributed by atoms with van der Waals surface area (Å²) in [6.45, 7) is 0.167. The minimum Gasteiger partial charge on any atom is -0.488 e. The van der Waals surface area contributed by atoms with Crippen molar-refractivity contribution in [3.63, 3.8) is 0 Å². The normalized spacial score (nSPS) is 10.3. The van der Waals surface area contributed by atoms with Crippen molar-refractivity contribution in [3.05, 3.63) is 64.4 Å². The number of carboxylic acids is 1. The summed E-state index contributed by atoms with van der Waals surface area (Å²) in [5.41, 5.74) is 1.03. The van der Waals surface area contributed by atoms with Gasteiger partial charge in [0.05, 0.1) is 6.42 Å². The molecule has 0 saturated carbocycles. The van der Waals surface area contributed by atoms with E-state index >= 15 is 0 Å². The highest BCUT2D eigenvalue weighted by Crippen LogP contribution is 2.24. The lowest BCUT2D eigenvalue weighted by Gasteiger charge is -2.13. The van der Waals surface area contributed by atoms with Gasteiger partial charge in [-0.05, 0) is 24.3 Å². The maximum absolute atomic E-state index is 13.7. The van der Waals surface area contributed by atoms with Crippen molar-refractivity contribution in [1.29, 1.82) is 0 Å². The van der Waals surface area contributed by atoms with Gasteiger partial charge in [-0.3, -0.25) is 9.59 Å². The standard InChI is InChI=1S/C18H17ClFNO4/c19-14-5-6-16(25-11-12-3-1-2-4-15(12)20)13(9-14)10-21-17(22)7-8-18(23)24/h1-6,9H,7-8,10-11H2,(H,21,22)(H,23,24). The molecule has 7 heteroatoms. The summed E-state index contributed by atoms with van der Waals surface area (Å²) in [5, 5.41) is 11.7. The molecule has 0 bridgehead atoms. The van der Waals surface area contributed by atoms with Crippen molar-refractivity contribution in [2.45, 2.75) is 26.0 Å². The van der Waals surface area contributed by atoms with E-state index in [9.17, 15) is 14.0 Å². The fourth-order valence-corrected chi connectivity index (χ4v) is 2.30. The van der Waals surface area contributed by atoms with Gasteiger partial charge in [-0.1, -0.05) is 29.8 Å². The number of carbonyl (C=O) groups excluding carboxylic acids is 1. The Kier molecular flexibility index (Phi) is 6.77. The van der Waals surface area contributed by atoms with Crippen molar-refractivity contribution in [1.82, 2.24) is 5.32 Å². The van der Waals surface area contributed by atoms with Crippen LogP contribution >= 0.6 is 11.6 Å². The Labute approximate surface area is 149 Å². The Morgan fingerprint density at radius 1 is 1.12 bits per heavy atom. The van der Waals surface area contributed by atoms with Crippen LogP contribution in [-0.2, 0) is 22.7 Å². The first kappa shape index (κ1) is 18.7. The van der Waals surface area contributed by atoms with Gasteiger partial charge in [0, 0.05) is 29.1 Å². The molecule has 0 radical (unpaired) electrons. The summed E-state index contributed by atoms with van der Waals surface area (Å²) in [6, 6.07) is 11.2. The maximum atomic E-state index is 13.7. The number of hydrogen-bond donors (Lipinski definition) is 2. The van der Waals surface area contributed by atoms with Gasteiger partial charge in [-0.2, -0.15) is 0 Å². The molecular formula is C18H17ClFNO4. The molecule has 0 aliphatic rings. The van der Waals surface area contributed by atoms with Crippen LogP contribution in [0.15, 0.2) is 42.5 Å². The second-order valence-electron chi connectivity index (χ2n) is 5.30. The molecule has 132 valence electrons. The van der Waals surface area contributed by atoms with E-state index in [1.54, 1.807) is 36.4 Å². The molecule has 2 aromatic rings. The van der Waals surface area contributed by atoms with Crippen LogP contribution in [0.2, 0.25) is 5.02 Å². The van der Waals surface area contributed by atoms with Gasteiger partial charge < -0.3 is 15.2 Å². The van der Waals surface area contributed by atoms with Crippen LogP contribution in [0, 0.1) is 5.82 Å². The number of amides is 1. The van der Waals surface area contributed by atoms with Crippen LogP contribution in [0.3, 0.4) is 0 Å². The van der Waals surface area contributed by atoms with E-state index in [4.69, 9.17) is 21.4 Å². The van der Waals surface area contributed by atoms with Crippen molar-refractivity contribution in [2.24, 2.45) is 0 Å². The van der Waals surface area contributed by atoms with Crippen molar-refractivity contribution in [2.75, 3.05) is 0 Å². The van der Waals surface area contributed by atoms with E-state index in [0.717, 1.165) is 0 Å². The molecule has 2 N–H and O–H groups in total. The van der Waals surface area contributed by atoms with E-state index in [1.807, 2.05) is 0 Å². The Hall–Kier alpha value is -2.60. The van der Waals surface area contributed by atoms with Gasteiger partial charge in [0.25, 0.3) is 0 Å². The minimum atomic E-state index is -1.04. The Morgan fingerprint density at radius 3 is 2.60 bits per heavy atom. The average molecular weight is 366 g/mol. The zero-order valence-corrected chi connectivity index (χ0v) is 14.1. The van der Waals surface area contributed by atoms with Gasteiger partial charge in [0.2, 0.25) is 5.91 Å². The number of aliphatic carboxylic acids is 1. The molecule has 0 spiro atoms. The summed E-state index contributed by atoms with van der Waals surface area (Å²) < 4.78 is 19.3. The molecule has 0 saturated heterocycles. The molecule has 0 aromatic heterocycles. The maximum Gasteiger partial charge on any atom is 0.303 e. The molecule has 25 heavy (non-hydrogen) atoms. The number of carboxylic acid groups (broad SMARTS) is 1. The highest BCUT2D eigenvalue weighted by Gasteiger charge is 2.10. The van der Waals surface area contributed by atoms with Crippen molar-refractivity contribution < 1.29 is 23.8 Å². The Balaban J connectivity index is 2.00. The molecule has 2 rings (SSSR count). The predicted molar refractivity (Wildman–Crippen MR) is 90.9 cm³/mol. The van der Waals surface area contributed by atoms with Gasteiger partial charge >= 0.3 is 5.97 Å². The first-order chi connectivity index (χ1) is 12.0. The van der Waals surface area contributed by atoms with Crippen molar-refractivity contribution in [3.8, 4) is 5.75 Å². The zero-order valence-electron chi connectivity index (χ0n) is 13.3. The van der Waals surface area contributed by atoms with E-state index in [-0.39, 0.29) is 37.7 Å². The van der Waals surface area contributed by atoms with Crippen LogP contribution in [-0.4, -0.2) is 17.0 Å². The quantitative estimate of drug-likeness (QED) is 0.750. The second-order valence-corrected chi connectivity index (χ2v) is 5.74. The van der Waals surface area contributed by atoms with Crippen LogP contribution in [0.4, 0.5) is 4.39 Å². The topological polar surface area (TPSA) is 75.6 Å². The second kappa shape index (κ2) is 9.03. The van der Waals surface area contributed by atoms with Crippen LogP contribution in [0.5, 0.6) is 5.75 Å². The molecule has 0 aliphatic carbocycles. The molecule has 2 aromatic carbocycles. The lowest BCUT2D eigenvalue weighted by Crippen LogP contribution is -2.23. The number of hydrogen-bond acceptors (Lipinski definition) is 3. The predicted octanol–water partition coefficient (Wildman–Crippen LogP) is 3.54. The molecule has 1 amide bonds. The lowest BCUT2D eigenvalue weighted by molar-refractivity contribution is -0.138.